The van der Waals surface area contributed by atoms with Crippen LogP contribution in [0.4, 0.5) is 136 Å². The molecule has 0 bridgehead atoms. The molecule has 0 aromatic heterocycles. The van der Waals surface area contributed by atoms with Crippen molar-refractivity contribution in [2.24, 2.45) is 0 Å². The zero-order valence-electron chi connectivity index (χ0n) is 23.2. The Morgan fingerprint density at radius 2 is 0.604 bits per heavy atom. The molecule has 0 amide bonds. The first kappa shape index (κ1) is 48.1. The second kappa shape index (κ2) is 11.3. The van der Waals surface area contributed by atoms with E-state index in [4.69, 9.17) is 0 Å². The first-order chi connectivity index (χ1) is 22.3. The molecule has 0 saturated heterocycles. The molecule has 0 atom stereocenters. The lowest BCUT2D eigenvalue weighted by molar-refractivity contribution is -0.493. The molecule has 2 nitrogen and oxygen atoms in total. The van der Waals surface area contributed by atoms with Crippen molar-refractivity contribution >= 4 is 5.97 Å². The molecule has 0 heterocycles. The van der Waals surface area contributed by atoms with E-state index in [1.165, 1.54) is 0 Å². The predicted octanol–water partition coefficient (Wildman–Crippen LogP) is 10.3. The zero-order valence-corrected chi connectivity index (χ0v) is 23.2. The van der Waals surface area contributed by atoms with E-state index in [1.54, 1.807) is 0 Å². The van der Waals surface area contributed by atoms with Gasteiger partial charge in [0.15, 0.2) is 0 Å². The van der Waals surface area contributed by atoms with Crippen molar-refractivity contribution in [1.29, 1.82) is 0 Å². The molecular weight excluding hydrogens is 861 g/mol. The Labute approximate surface area is 266 Å². The number of hydrogen-bond acceptors (Lipinski definition) is 2. The summed E-state index contributed by atoms with van der Waals surface area (Å²) in [4.78, 5) is 10.9. The molecule has 1 rings (SSSR count). The van der Waals surface area contributed by atoms with Crippen molar-refractivity contribution in [3.05, 3.63) is 12.2 Å². The average Bonchev–Trinajstić information content (AvgIpc) is 2.94. The molecule has 33 heteroatoms. The summed E-state index contributed by atoms with van der Waals surface area (Å²) in [6.07, 6.45) is -7.89. The lowest BCUT2D eigenvalue weighted by Gasteiger charge is -2.50. The molecule has 0 unspecified atom stereocenters. The Bertz CT molecular complexity index is 1420. The van der Waals surface area contributed by atoms with Crippen molar-refractivity contribution in [3.63, 3.8) is 0 Å². The maximum atomic E-state index is 15.1. The predicted molar refractivity (Wildman–Crippen MR) is 99.0 cm³/mol. The summed E-state index contributed by atoms with van der Waals surface area (Å²) in [5.41, 5.74) is -12.7. The quantitative estimate of drug-likeness (QED) is 0.131. The first-order valence-corrected chi connectivity index (χ1v) is 11.6. The summed E-state index contributed by atoms with van der Waals surface area (Å²) in [6.45, 7) is 2.33. The van der Waals surface area contributed by atoms with Gasteiger partial charge in [-0.3, -0.25) is 0 Å². The molecule has 0 radical (unpaired) electrons. The monoisotopic (exact) mass is 866 g/mol. The van der Waals surface area contributed by atoms with Gasteiger partial charge >= 0.3 is 101 Å². The fourth-order valence-corrected chi connectivity index (χ4v) is 3.66. The van der Waals surface area contributed by atoms with E-state index in [0.717, 1.165) is 0 Å². The smallest absolute Gasteiger partial charge is 0.393 e. The summed E-state index contributed by atoms with van der Waals surface area (Å²) >= 11 is 0. The highest BCUT2D eigenvalue weighted by Gasteiger charge is 3.08. The van der Waals surface area contributed by atoms with Crippen molar-refractivity contribution in [3.8, 4) is 0 Å². The van der Waals surface area contributed by atoms with Crippen LogP contribution in [0.5, 0.6) is 0 Å². The lowest BCUT2D eigenvalue weighted by atomic mass is 9.72. The summed E-state index contributed by atoms with van der Waals surface area (Å²) < 4.78 is 437. The first-order valence-electron chi connectivity index (χ1n) is 11.6. The average molecular weight is 866 g/mol. The van der Waals surface area contributed by atoms with Crippen LogP contribution in [0, 0.1) is 0 Å². The minimum atomic E-state index is -11.0. The maximum absolute atomic E-state index is 15.1. The third-order valence-electron chi connectivity index (χ3n) is 6.96. The Morgan fingerprint density at radius 1 is 0.396 bits per heavy atom. The minimum absolute atomic E-state index is 0.0803. The summed E-state index contributed by atoms with van der Waals surface area (Å²) in [6, 6.07) is 0. The topological polar surface area (TPSA) is 26.3 Å². The third-order valence-corrected chi connectivity index (χ3v) is 6.96. The molecule has 53 heavy (non-hydrogen) atoms. The highest BCUT2D eigenvalue weighted by molar-refractivity contribution is 5.87. The molecule has 0 spiro atoms. The Hall–Kier alpha value is -2.96. The van der Waals surface area contributed by atoms with Crippen LogP contribution in [0.1, 0.15) is 6.92 Å². The molecule has 1 aliphatic rings. The molecule has 0 aromatic rings. The second-order valence-electron chi connectivity index (χ2n) is 10.4. The van der Waals surface area contributed by atoms with Crippen molar-refractivity contribution in [2.45, 2.75) is 102 Å². The molecule has 1 fully saturated rings. The van der Waals surface area contributed by atoms with Crippen molar-refractivity contribution in [1.82, 2.24) is 0 Å². The van der Waals surface area contributed by atoms with E-state index in [1.807, 2.05) is 0 Å². The van der Waals surface area contributed by atoms with Crippen LogP contribution in [-0.4, -0.2) is 101 Å². The molecule has 0 N–H and O–H groups in total. The Morgan fingerprint density at radius 3 is 0.849 bits per heavy atom. The van der Waals surface area contributed by atoms with E-state index in [-0.39, 0.29) is 6.92 Å². The van der Waals surface area contributed by atoms with Gasteiger partial charge in [0.2, 0.25) is 0 Å². The van der Waals surface area contributed by atoms with Crippen LogP contribution in [-0.2, 0) is 9.53 Å². The van der Waals surface area contributed by atoms with Crippen molar-refractivity contribution < 1.29 is 146 Å². The van der Waals surface area contributed by atoms with Crippen LogP contribution < -0.4 is 0 Å². The second-order valence-corrected chi connectivity index (χ2v) is 10.4. The van der Waals surface area contributed by atoms with Gasteiger partial charge in [0.05, 0.1) is 0 Å². The van der Waals surface area contributed by atoms with Gasteiger partial charge in [-0.25, -0.2) is 9.18 Å². The molecular formula is C20H5F31O2. The van der Waals surface area contributed by atoms with Gasteiger partial charge in [0.25, 0.3) is 0 Å². The maximum Gasteiger partial charge on any atom is 0.473 e. The minimum Gasteiger partial charge on any atom is -0.393 e. The zero-order chi connectivity index (χ0) is 43.9. The van der Waals surface area contributed by atoms with Gasteiger partial charge in [-0.15, -0.1) is 0 Å². The molecule has 1 aliphatic carbocycles. The number of rotatable bonds is 9. The van der Waals surface area contributed by atoms with E-state index < -0.39 is 106 Å². The Kier molecular flexibility index (Phi) is 10.3. The largest absolute Gasteiger partial charge is 0.473 e. The van der Waals surface area contributed by atoms with E-state index in [2.05, 4.69) is 11.3 Å². The molecule has 0 aliphatic heterocycles. The number of ether oxygens (including phenoxy) is 1. The van der Waals surface area contributed by atoms with Gasteiger partial charge < -0.3 is 4.74 Å². The fraction of sp³-hybridized carbons (Fsp3) is 0.850. The molecule has 0 aromatic carbocycles. The Balaban J connectivity index is 4.57. The third kappa shape index (κ3) is 4.82. The van der Waals surface area contributed by atoms with Gasteiger partial charge in [-0.05, 0) is 6.92 Å². The van der Waals surface area contributed by atoms with Crippen LogP contribution >= 0.6 is 0 Å². The van der Waals surface area contributed by atoms with Crippen LogP contribution in [0.2, 0.25) is 0 Å². The number of carbonyl (C=O) groups is 1. The summed E-state index contributed by atoms with van der Waals surface area (Å²) in [5, 5.41) is 0. The van der Waals surface area contributed by atoms with Gasteiger partial charge in [0.1, 0.15) is 0 Å². The van der Waals surface area contributed by atoms with Crippen molar-refractivity contribution in [2.75, 3.05) is 0 Å². The summed E-state index contributed by atoms with van der Waals surface area (Å²) in [5.74, 6) is -143. The SMILES string of the molecule is C=C(C)C(=O)OC(F)(F)C(F)(F)C(F)(F)C(F)(F)C(F)(F)C(F)(F)C(F)(F)C1(F)C(F)(F)C(F)(F)C(F)(F)C(F)(F)C(F)(F)C(F)(F)C(F)(F)C1(F)F. The number of hydrogen-bond donors (Lipinski definition) is 0. The standard InChI is InChI=1S/C20H5F31O2/c1-3(2)4(52)53-20(50,51)19(48,49)18(46,47)17(44,45)14(38,39)11(32,33)8(26,27)5(21)6(22,23)9(28,29)12(34,35)15(40,41)16(42,43)13(36,37)10(30,31)7(5,24)25/h1H2,2H3. The highest BCUT2D eigenvalue weighted by atomic mass is 19.4. The number of carbonyl (C=O) groups excluding carboxylic acids is 1. The van der Waals surface area contributed by atoms with Crippen LogP contribution in [0.3, 0.4) is 0 Å². The normalized spacial score (nSPS) is 25.4. The number of esters is 1. The van der Waals surface area contributed by atoms with E-state index >= 15 is 4.39 Å². The number of alkyl halides is 31. The molecule has 314 valence electrons. The van der Waals surface area contributed by atoms with E-state index in [9.17, 15) is 137 Å². The van der Waals surface area contributed by atoms with Gasteiger partial charge in [-0.1, -0.05) is 6.58 Å². The van der Waals surface area contributed by atoms with Crippen LogP contribution in [0.25, 0.3) is 0 Å². The fourth-order valence-electron chi connectivity index (χ4n) is 3.66. The van der Waals surface area contributed by atoms with Gasteiger partial charge in [0, 0.05) is 5.57 Å². The van der Waals surface area contributed by atoms with Crippen LogP contribution in [0.15, 0.2) is 12.2 Å². The highest BCUT2D eigenvalue weighted by Crippen LogP contribution is 2.75. The molecule has 1 saturated carbocycles. The summed E-state index contributed by atoms with van der Waals surface area (Å²) in [7, 11) is 0. The van der Waals surface area contributed by atoms with Gasteiger partial charge in [-0.2, -0.15) is 132 Å². The van der Waals surface area contributed by atoms with E-state index in [0.29, 0.717) is 0 Å². The lowest BCUT2D eigenvalue weighted by Crippen LogP contribution is -2.84. The number of halogens is 31.